The number of fused-ring (bicyclic) bond motifs is 1. The third kappa shape index (κ3) is 2.99. The molecule has 0 spiro atoms. The number of carbonyl (C=O) groups is 2. The van der Waals surface area contributed by atoms with Crippen LogP contribution in [-0.4, -0.2) is 27.1 Å². The fourth-order valence-corrected chi connectivity index (χ4v) is 2.75. The van der Waals surface area contributed by atoms with Gasteiger partial charge >= 0.3 is 11.9 Å². The van der Waals surface area contributed by atoms with Gasteiger partial charge in [0.05, 0.1) is 0 Å². The number of H-pyrrole nitrogens is 1. The molecule has 0 aliphatic heterocycles. The molecule has 3 N–H and O–H groups in total. The molecule has 1 heterocycles. The second-order valence-electron chi connectivity index (χ2n) is 5.44. The van der Waals surface area contributed by atoms with Crippen molar-refractivity contribution in [3.05, 3.63) is 59.5 Å². The smallest absolute Gasteiger partial charge is 0.352 e. The minimum absolute atomic E-state index is 0.00232. The number of halogens is 1. The fourth-order valence-electron chi connectivity index (χ4n) is 2.75. The summed E-state index contributed by atoms with van der Waals surface area (Å²) in [6.45, 7) is 0. The molecule has 0 unspecified atom stereocenters. The highest BCUT2D eigenvalue weighted by Gasteiger charge is 2.18. The first-order valence-electron chi connectivity index (χ1n) is 7.31. The van der Waals surface area contributed by atoms with Crippen LogP contribution in [-0.2, 0) is 11.2 Å². The van der Waals surface area contributed by atoms with Crippen molar-refractivity contribution in [2.75, 3.05) is 0 Å². The zero-order chi connectivity index (χ0) is 17.3. The average Bonchev–Trinajstić information content (AvgIpc) is 2.91. The topological polar surface area (TPSA) is 90.4 Å². The Morgan fingerprint density at radius 2 is 1.67 bits per heavy atom. The molecule has 3 rings (SSSR count). The molecule has 0 fully saturated rings. The molecule has 6 heteroatoms. The van der Waals surface area contributed by atoms with Crippen LogP contribution < -0.4 is 0 Å². The Morgan fingerprint density at radius 3 is 2.29 bits per heavy atom. The number of carboxylic acids is 2. The predicted octanol–water partition coefficient (Wildman–Crippen LogP) is 3.69. The number of hydrogen-bond acceptors (Lipinski definition) is 2. The van der Waals surface area contributed by atoms with Gasteiger partial charge in [-0.05, 0) is 41.3 Å². The summed E-state index contributed by atoms with van der Waals surface area (Å²) in [4.78, 5) is 25.0. The van der Waals surface area contributed by atoms with Crippen molar-refractivity contribution in [2.24, 2.45) is 0 Å². The van der Waals surface area contributed by atoms with Crippen molar-refractivity contribution >= 4 is 22.8 Å². The lowest BCUT2D eigenvalue weighted by Gasteiger charge is -2.03. The van der Waals surface area contributed by atoms with Crippen molar-refractivity contribution in [2.45, 2.75) is 12.8 Å². The number of hydrogen-bond donors (Lipinski definition) is 3. The van der Waals surface area contributed by atoms with E-state index in [9.17, 15) is 19.1 Å². The molecule has 5 nitrogen and oxygen atoms in total. The van der Waals surface area contributed by atoms with Crippen molar-refractivity contribution < 1.29 is 24.2 Å². The monoisotopic (exact) mass is 327 g/mol. The van der Waals surface area contributed by atoms with Gasteiger partial charge in [0.1, 0.15) is 11.5 Å². The van der Waals surface area contributed by atoms with E-state index in [4.69, 9.17) is 5.11 Å². The number of aromatic amines is 1. The van der Waals surface area contributed by atoms with Crippen LogP contribution in [0.25, 0.3) is 22.0 Å². The van der Waals surface area contributed by atoms with Crippen molar-refractivity contribution in [3.63, 3.8) is 0 Å². The van der Waals surface area contributed by atoms with Crippen LogP contribution in [0, 0.1) is 5.82 Å². The second-order valence-corrected chi connectivity index (χ2v) is 5.44. The van der Waals surface area contributed by atoms with Gasteiger partial charge in [-0.1, -0.05) is 24.3 Å². The normalized spacial score (nSPS) is 10.9. The minimum Gasteiger partial charge on any atom is -0.481 e. The Hall–Kier alpha value is -3.15. The number of aromatic carboxylic acids is 1. The largest absolute Gasteiger partial charge is 0.481 e. The molecule has 0 radical (unpaired) electrons. The Balaban J connectivity index is 2.08. The van der Waals surface area contributed by atoms with Crippen LogP contribution in [0.3, 0.4) is 0 Å². The second kappa shape index (κ2) is 6.16. The number of rotatable bonds is 5. The summed E-state index contributed by atoms with van der Waals surface area (Å²) < 4.78 is 13.0. The van der Waals surface area contributed by atoms with Crippen LogP contribution in [0.15, 0.2) is 42.5 Å². The van der Waals surface area contributed by atoms with Gasteiger partial charge in [-0.2, -0.15) is 0 Å². The SMILES string of the molecule is O=C(O)CCc1c(C(=O)O)[nH]c2cc(-c3ccc(F)cc3)ccc12. The molecular formula is C18H14FNO4. The van der Waals surface area contributed by atoms with Gasteiger partial charge in [-0.15, -0.1) is 0 Å². The summed E-state index contributed by atoms with van der Waals surface area (Å²) in [5.74, 6) is -2.44. The van der Waals surface area contributed by atoms with Gasteiger partial charge < -0.3 is 15.2 Å². The lowest BCUT2D eigenvalue weighted by Crippen LogP contribution is -2.04. The van der Waals surface area contributed by atoms with Crippen LogP contribution in [0.2, 0.25) is 0 Å². The molecule has 0 aliphatic carbocycles. The van der Waals surface area contributed by atoms with Gasteiger partial charge in [-0.25, -0.2) is 9.18 Å². The molecule has 24 heavy (non-hydrogen) atoms. The first-order valence-corrected chi connectivity index (χ1v) is 7.31. The van der Waals surface area contributed by atoms with Crippen LogP contribution in [0.5, 0.6) is 0 Å². The number of aromatic nitrogens is 1. The molecular weight excluding hydrogens is 313 g/mol. The molecule has 0 amide bonds. The van der Waals surface area contributed by atoms with Crippen molar-refractivity contribution in [1.82, 2.24) is 4.98 Å². The highest BCUT2D eigenvalue weighted by atomic mass is 19.1. The van der Waals surface area contributed by atoms with E-state index >= 15 is 0 Å². The van der Waals surface area contributed by atoms with E-state index in [0.29, 0.717) is 16.5 Å². The quantitative estimate of drug-likeness (QED) is 0.666. The highest BCUT2D eigenvalue weighted by molar-refractivity contribution is 5.98. The number of nitrogens with one attached hydrogen (secondary N) is 1. The minimum atomic E-state index is -1.13. The first kappa shape index (κ1) is 15.7. The summed E-state index contributed by atoms with van der Waals surface area (Å²) in [6.07, 6.45) is -0.0141. The third-order valence-electron chi connectivity index (χ3n) is 3.89. The zero-order valence-electron chi connectivity index (χ0n) is 12.5. The van der Waals surface area contributed by atoms with E-state index in [1.54, 1.807) is 30.3 Å². The van der Waals surface area contributed by atoms with Crippen LogP contribution in [0.1, 0.15) is 22.5 Å². The highest BCUT2D eigenvalue weighted by Crippen LogP contribution is 2.29. The fraction of sp³-hybridized carbons (Fsp3) is 0.111. The summed E-state index contributed by atoms with van der Waals surface area (Å²) in [6, 6.07) is 11.3. The Bertz CT molecular complexity index is 928. The molecule has 3 aromatic rings. The van der Waals surface area contributed by atoms with Gasteiger partial charge in [-0.3, -0.25) is 4.79 Å². The molecule has 1 aromatic heterocycles. The first-order chi connectivity index (χ1) is 11.5. The van der Waals surface area contributed by atoms with Gasteiger partial charge in [0.25, 0.3) is 0 Å². The molecule has 0 bridgehead atoms. The van der Waals surface area contributed by atoms with Gasteiger partial charge in [0.15, 0.2) is 0 Å². The maximum atomic E-state index is 13.0. The molecule has 0 atom stereocenters. The van der Waals surface area contributed by atoms with E-state index in [-0.39, 0.29) is 24.4 Å². The molecule has 0 aliphatic rings. The average molecular weight is 327 g/mol. The van der Waals surface area contributed by atoms with E-state index in [0.717, 1.165) is 11.1 Å². The predicted molar refractivity (Wildman–Crippen MR) is 86.6 cm³/mol. The molecule has 2 aromatic carbocycles. The maximum Gasteiger partial charge on any atom is 0.352 e. The van der Waals surface area contributed by atoms with Crippen LogP contribution in [0.4, 0.5) is 4.39 Å². The number of benzene rings is 2. The lowest BCUT2D eigenvalue weighted by atomic mass is 10.0. The standard InChI is InChI=1S/C18H14FNO4/c19-12-4-1-10(2-5-12)11-3-6-13-14(7-8-16(21)22)17(18(23)24)20-15(13)9-11/h1-6,9,20H,7-8H2,(H,21,22)(H,23,24). The van der Waals surface area contributed by atoms with Crippen LogP contribution >= 0.6 is 0 Å². The van der Waals surface area contributed by atoms with Gasteiger partial charge in [0, 0.05) is 17.3 Å². The van der Waals surface area contributed by atoms with Crippen molar-refractivity contribution in [1.29, 1.82) is 0 Å². The summed E-state index contributed by atoms with van der Waals surface area (Å²) in [5.41, 5.74) is 2.70. The van der Waals surface area contributed by atoms with E-state index < -0.39 is 11.9 Å². The van der Waals surface area contributed by atoms with E-state index in [1.165, 1.54) is 12.1 Å². The van der Waals surface area contributed by atoms with E-state index in [1.807, 2.05) is 0 Å². The summed E-state index contributed by atoms with van der Waals surface area (Å²) in [7, 11) is 0. The zero-order valence-corrected chi connectivity index (χ0v) is 12.5. The Kier molecular flexibility index (Phi) is 4.04. The number of carboxylic acid groups (broad SMARTS) is 2. The Labute approximate surface area is 136 Å². The molecule has 0 saturated carbocycles. The number of aliphatic carboxylic acids is 1. The van der Waals surface area contributed by atoms with Gasteiger partial charge in [0.2, 0.25) is 0 Å². The Morgan fingerprint density at radius 1 is 1.00 bits per heavy atom. The molecule has 122 valence electrons. The lowest BCUT2D eigenvalue weighted by molar-refractivity contribution is -0.136. The van der Waals surface area contributed by atoms with Crippen molar-refractivity contribution in [3.8, 4) is 11.1 Å². The summed E-state index contributed by atoms with van der Waals surface area (Å²) in [5, 5.41) is 18.8. The van der Waals surface area contributed by atoms with E-state index in [2.05, 4.69) is 4.98 Å². The summed E-state index contributed by atoms with van der Waals surface area (Å²) >= 11 is 0. The third-order valence-corrected chi connectivity index (χ3v) is 3.89. The number of aryl methyl sites for hydroxylation is 1. The maximum absolute atomic E-state index is 13.0. The molecule has 0 saturated heterocycles.